The second-order valence-corrected chi connectivity index (χ2v) is 5.06. The fourth-order valence-corrected chi connectivity index (χ4v) is 2.68. The Morgan fingerprint density at radius 2 is 2.16 bits per heavy atom. The SMILES string of the molecule is OC1(Cn2cncn2)CCCC1=Cc1ccccc1. The Bertz CT molecular complexity index is 562. The smallest absolute Gasteiger partial charge is 0.137 e. The maximum Gasteiger partial charge on any atom is 0.137 e. The number of aromatic nitrogens is 3. The lowest BCUT2D eigenvalue weighted by molar-refractivity contribution is 0.0632. The summed E-state index contributed by atoms with van der Waals surface area (Å²) in [5.41, 5.74) is 1.44. The first-order chi connectivity index (χ1) is 9.26. The Morgan fingerprint density at radius 3 is 2.89 bits per heavy atom. The third-order valence-electron chi connectivity index (χ3n) is 3.66. The molecule has 1 aromatic carbocycles. The van der Waals surface area contributed by atoms with Crippen LogP contribution < -0.4 is 0 Å². The minimum absolute atomic E-state index is 0.478. The Balaban J connectivity index is 1.86. The summed E-state index contributed by atoms with van der Waals surface area (Å²) in [6.45, 7) is 0.478. The average Bonchev–Trinajstić information content (AvgIpc) is 3.03. The van der Waals surface area contributed by atoms with E-state index in [1.165, 1.54) is 6.33 Å². The zero-order chi connectivity index (χ0) is 13.1. The summed E-state index contributed by atoms with van der Waals surface area (Å²) in [5.74, 6) is 0. The highest BCUT2D eigenvalue weighted by Crippen LogP contribution is 2.37. The molecule has 1 N–H and O–H groups in total. The molecule has 1 aliphatic carbocycles. The summed E-state index contributed by atoms with van der Waals surface area (Å²) in [4.78, 5) is 3.93. The van der Waals surface area contributed by atoms with E-state index in [-0.39, 0.29) is 0 Å². The number of benzene rings is 1. The van der Waals surface area contributed by atoms with E-state index in [4.69, 9.17) is 0 Å². The molecule has 1 aliphatic rings. The number of aliphatic hydroxyl groups is 1. The predicted molar refractivity (Wildman–Crippen MR) is 73.2 cm³/mol. The lowest BCUT2D eigenvalue weighted by atomic mass is 9.95. The van der Waals surface area contributed by atoms with Crippen molar-refractivity contribution in [2.24, 2.45) is 0 Å². The van der Waals surface area contributed by atoms with Gasteiger partial charge in [0.2, 0.25) is 0 Å². The molecule has 0 amide bonds. The van der Waals surface area contributed by atoms with Gasteiger partial charge in [0.15, 0.2) is 0 Å². The van der Waals surface area contributed by atoms with Crippen molar-refractivity contribution in [3.8, 4) is 0 Å². The Morgan fingerprint density at radius 1 is 1.32 bits per heavy atom. The Labute approximate surface area is 112 Å². The standard InChI is InChI=1S/C15H17N3O/c19-15(10-18-12-16-11-17-18)8-4-7-14(15)9-13-5-2-1-3-6-13/h1-3,5-6,9,11-12,19H,4,7-8,10H2. The van der Waals surface area contributed by atoms with Crippen LogP contribution in [0.25, 0.3) is 6.08 Å². The van der Waals surface area contributed by atoms with E-state index in [0.29, 0.717) is 6.54 Å². The van der Waals surface area contributed by atoms with Crippen molar-refractivity contribution in [1.29, 1.82) is 0 Å². The zero-order valence-corrected chi connectivity index (χ0v) is 10.7. The maximum absolute atomic E-state index is 10.8. The van der Waals surface area contributed by atoms with E-state index in [9.17, 15) is 5.11 Å². The summed E-state index contributed by atoms with van der Waals surface area (Å²) in [5, 5.41) is 14.9. The molecule has 1 heterocycles. The molecular formula is C15H17N3O. The molecule has 98 valence electrons. The van der Waals surface area contributed by atoms with Crippen LogP contribution in [0.15, 0.2) is 48.6 Å². The second-order valence-electron chi connectivity index (χ2n) is 5.06. The Kier molecular flexibility index (Phi) is 3.17. The van der Waals surface area contributed by atoms with Crippen molar-refractivity contribution in [3.05, 3.63) is 54.1 Å². The molecule has 0 bridgehead atoms. The van der Waals surface area contributed by atoms with Gasteiger partial charge in [0, 0.05) is 0 Å². The van der Waals surface area contributed by atoms with Gasteiger partial charge in [-0.15, -0.1) is 0 Å². The van der Waals surface area contributed by atoms with Crippen LogP contribution in [-0.2, 0) is 6.54 Å². The van der Waals surface area contributed by atoms with Crippen molar-refractivity contribution < 1.29 is 5.11 Å². The molecule has 1 fully saturated rings. The molecule has 19 heavy (non-hydrogen) atoms. The van der Waals surface area contributed by atoms with Gasteiger partial charge in [-0.05, 0) is 30.4 Å². The summed E-state index contributed by atoms with van der Waals surface area (Å²) < 4.78 is 1.70. The van der Waals surface area contributed by atoms with Gasteiger partial charge < -0.3 is 5.11 Å². The van der Waals surface area contributed by atoms with Crippen LogP contribution in [0.1, 0.15) is 24.8 Å². The van der Waals surface area contributed by atoms with E-state index in [0.717, 1.165) is 30.4 Å². The van der Waals surface area contributed by atoms with Gasteiger partial charge in [0.1, 0.15) is 18.3 Å². The summed E-state index contributed by atoms with van der Waals surface area (Å²) in [6.07, 6.45) is 7.99. The number of hydrogen-bond donors (Lipinski definition) is 1. The first kappa shape index (κ1) is 12.1. The highest BCUT2D eigenvalue weighted by atomic mass is 16.3. The van der Waals surface area contributed by atoms with E-state index < -0.39 is 5.60 Å². The molecular weight excluding hydrogens is 238 g/mol. The fourth-order valence-electron chi connectivity index (χ4n) is 2.68. The summed E-state index contributed by atoms with van der Waals surface area (Å²) in [7, 11) is 0. The third kappa shape index (κ3) is 2.58. The molecule has 1 atom stereocenters. The molecule has 4 heteroatoms. The predicted octanol–water partition coefficient (Wildman–Crippen LogP) is 2.28. The quantitative estimate of drug-likeness (QED) is 0.915. The highest BCUT2D eigenvalue weighted by molar-refractivity contribution is 5.55. The number of hydrogen-bond acceptors (Lipinski definition) is 3. The monoisotopic (exact) mass is 255 g/mol. The lowest BCUT2D eigenvalue weighted by Gasteiger charge is -2.24. The number of rotatable bonds is 3. The molecule has 1 aromatic heterocycles. The maximum atomic E-state index is 10.8. The fraction of sp³-hybridized carbons (Fsp3) is 0.333. The minimum atomic E-state index is -0.788. The van der Waals surface area contributed by atoms with Crippen LogP contribution in [-0.4, -0.2) is 25.5 Å². The molecule has 3 rings (SSSR count). The second kappa shape index (κ2) is 4.97. The summed E-state index contributed by atoms with van der Waals surface area (Å²) >= 11 is 0. The third-order valence-corrected chi connectivity index (χ3v) is 3.66. The van der Waals surface area contributed by atoms with Gasteiger partial charge in [-0.25, -0.2) is 9.67 Å². The van der Waals surface area contributed by atoms with E-state index in [1.807, 2.05) is 18.2 Å². The Hall–Kier alpha value is -1.94. The van der Waals surface area contributed by atoms with Gasteiger partial charge in [-0.3, -0.25) is 0 Å². The minimum Gasteiger partial charge on any atom is -0.384 e. The lowest BCUT2D eigenvalue weighted by Crippen LogP contribution is -2.32. The topological polar surface area (TPSA) is 50.9 Å². The van der Waals surface area contributed by atoms with Gasteiger partial charge in [0.25, 0.3) is 0 Å². The molecule has 0 aliphatic heterocycles. The highest BCUT2D eigenvalue weighted by Gasteiger charge is 2.36. The summed E-state index contributed by atoms with van der Waals surface area (Å²) in [6, 6.07) is 10.1. The van der Waals surface area contributed by atoms with Crippen molar-refractivity contribution >= 4 is 6.08 Å². The van der Waals surface area contributed by atoms with Crippen LogP contribution in [0.2, 0.25) is 0 Å². The number of nitrogens with zero attached hydrogens (tertiary/aromatic N) is 3. The van der Waals surface area contributed by atoms with E-state index in [2.05, 4.69) is 28.3 Å². The van der Waals surface area contributed by atoms with Crippen LogP contribution in [0.4, 0.5) is 0 Å². The molecule has 1 saturated carbocycles. The van der Waals surface area contributed by atoms with Crippen molar-refractivity contribution in [1.82, 2.24) is 14.8 Å². The largest absolute Gasteiger partial charge is 0.384 e. The molecule has 2 aromatic rings. The van der Waals surface area contributed by atoms with Gasteiger partial charge in [-0.2, -0.15) is 5.10 Å². The van der Waals surface area contributed by atoms with Gasteiger partial charge >= 0.3 is 0 Å². The van der Waals surface area contributed by atoms with Crippen LogP contribution in [0, 0.1) is 0 Å². The molecule has 4 nitrogen and oxygen atoms in total. The van der Waals surface area contributed by atoms with Crippen LogP contribution in [0.3, 0.4) is 0 Å². The van der Waals surface area contributed by atoms with Crippen molar-refractivity contribution in [2.45, 2.75) is 31.4 Å². The average molecular weight is 255 g/mol. The van der Waals surface area contributed by atoms with Crippen LogP contribution in [0.5, 0.6) is 0 Å². The van der Waals surface area contributed by atoms with Gasteiger partial charge in [-0.1, -0.05) is 36.4 Å². The molecule has 0 radical (unpaired) electrons. The van der Waals surface area contributed by atoms with Crippen LogP contribution >= 0.6 is 0 Å². The normalized spacial score (nSPS) is 25.0. The zero-order valence-electron chi connectivity index (χ0n) is 10.7. The molecule has 1 unspecified atom stereocenters. The first-order valence-corrected chi connectivity index (χ1v) is 6.57. The first-order valence-electron chi connectivity index (χ1n) is 6.57. The molecule has 0 saturated heterocycles. The van der Waals surface area contributed by atoms with E-state index in [1.54, 1.807) is 11.0 Å². The molecule has 0 spiro atoms. The van der Waals surface area contributed by atoms with Gasteiger partial charge in [0.05, 0.1) is 6.54 Å². The van der Waals surface area contributed by atoms with Crippen molar-refractivity contribution in [2.75, 3.05) is 0 Å². The van der Waals surface area contributed by atoms with E-state index >= 15 is 0 Å². The van der Waals surface area contributed by atoms with Crippen molar-refractivity contribution in [3.63, 3.8) is 0 Å².